The minimum Gasteiger partial charge on any atom is -0.454 e. The summed E-state index contributed by atoms with van der Waals surface area (Å²) in [7, 11) is 0. The molecule has 0 bridgehead atoms. The van der Waals surface area contributed by atoms with Crippen molar-refractivity contribution in [3.63, 3.8) is 0 Å². The van der Waals surface area contributed by atoms with Crippen LogP contribution in [0.15, 0.2) is 0 Å². The molecular formula is C23H43NO5. The topological polar surface area (TPSA) is 65.1 Å². The fourth-order valence-electron chi connectivity index (χ4n) is 4.36. The number of carbonyl (C=O) groups is 2. The number of piperidine rings is 1. The number of hydrogen-bond donors (Lipinski definition) is 0. The highest BCUT2D eigenvalue weighted by molar-refractivity contribution is 6.29. The molecule has 0 aromatic carbocycles. The van der Waals surface area contributed by atoms with Crippen LogP contribution in [0.2, 0.25) is 0 Å². The third kappa shape index (κ3) is 9.04. The van der Waals surface area contributed by atoms with E-state index in [9.17, 15) is 9.59 Å². The SMILES string of the molecule is CCCCCCCCN1C(C)(C)CC(OC(=O)C(=O)OOC(C)(C)C)CC1(C)C. The molecule has 0 spiro atoms. The normalized spacial score (nSPS) is 19.7. The van der Waals surface area contributed by atoms with Gasteiger partial charge in [0.25, 0.3) is 0 Å². The number of likely N-dealkylation sites (tertiary alicyclic amines) is 1. The van der Waals surface area contributed by atoms with Crippen LogP contribution in [-0.2, 0) is 24.1 Å². The quantitative estimate of drug-likeness (QED) is 0.170. The van der Waals surface area contributed by atoms with E-state index in [2.05, 4.69) is 44.4 Å². The lowest BCUT2D eigenvalue weighted by Gasteiger charge is -2.55. The van der Waals surface area contributed by atoms with Gasteiger partial charge in [-0.3, -0.25) is 9.79 Å². The van der Waals surface area contributed by atoms with Crippen molar-refractivity contribution in [1.29, 1.82) is 0 Å². The third-order valence-electron chi connectivity index (χ3n) is 5.46. The van der Waals surface area contributed by atoms with Gasteiger partial charge in [-0.1, -0.05) is 39.0 Å². The summed E-state index contributed by atoms with van der Waals surface area (Å²) in [4.78, 5) is 36.1. The van der Waals surface area contributed by atoms with Gasteiger partial charge in [0.05, 0.1) is 0 Å². The molecule has 0 aliphatic carbocycles. The fourth-order valence-corrected chi connectivity index (χ4v) is 4.36. The summed E-state index contributed by atoms with van der Waals surface area (Å²) in [5.41, 5.74) is -0.925. The van der Waals surface area contributed by atoms with Crippen molar-refractivity contribution < 1.29 is 24.1 Å². The molecule has 1 aliphatic heterocycles. The zero-order chi connectivity index (χ0) is 22.3. The molecule has 0 unspecified atom stereocenters. The van der Waals surface area contributed by atoms with Gasteiger partial charge in [0.15, 0.2) is 0 Å². The highest BCUT2D eigenvalue weighted by Crippen LogP contribution is 2.39. The first kappa shape index (κ1) is 25.9. The first-order valence-corrected chi connectivity index (χ1v) is 11.2. The lowest BCUT2D eigenvalue weighted by Crippen LogP contribution is -2.62. The van der Waals surface area contributed by atoms with Gasteiger partial charge >= 0.3 is 11.9 Å². The van der Waals surface area contributed by atoms with Gasteiger partial charge in [0.2, 0.25) is 0 Å². The van der Waals surface area contributed by atoms with E-state index < -0.39 is 17.5 Å². The van der Waals surface area contributed by atoms with Gasteiger partial charge < -0.3 is 4.74 Å². The van der Waals surface area contributed by atoms with E-state index in [1.165, 1.54) is 38.5 Å². The average molecular weight is 414 g/mol. The Morgan fingerprint density at radius 1 is 0.897 bits per heavy atom. The Hall–Kier alpha value is -1.14. The van der Waals surface area contributed by atoms with Crippen molar-refractivity contribution in [3.05, 3.63) is 0 Å². The minimum absolute atomic E-state index is 0.123. The van der Waals surface area contributed by atoms with Crippen LogP contribution in [0.25, 0.3) is 0 Å². The molecule has 0 radical (unpaired) electrons. The summed E-state index contributed by atoms with van der Waals surface area (Å²) in [5, 5.41) is 0. The summed E-state index contributed by atoms with van der Waals surface area (Å²) < 4.78 is 5.49. The molecule has 1 heterocycles. The number of unbranched alkanes of at least 4 members (excludes halogenated alkanes) is 5. The maximum atomic E-state index is 12.1. The average Bonchev–Trinajstić information content (AvgIpc) is 2.55. The minimum atomic E-state index is -1.11. The maximum absolute atomic E-state index is 12.1. The number of esters is 1. The van der Waals surface area contributed by atoms with Crippen molar-refractivity contribution in [2.45, 2.75) is 130 Å². The predicted molar refractivity (Wildman–Crippen MR) is 114 cm³/mol. The number of rotatable bonds is 9. The van der Waals surface area contributed by atoms with Gasteiger partial charge in [0.1, 0.15) is 11.7 Å². The van der Waals surface area contributed by atoms with Crippen LogP contribution in [0.4, 0.5) is 0 Å². The first-order chi connectivity index (χ1) is 13.3. The number of carbonyl (C=O) groups excluding carboxylic acids is 2. The zero-order valence-electron chi connectivity index (χ0n) is 19.9. The summed E-state index contributed by atoms with van der Waals surface area (Å²) in [5.74, 6) is -2.10. The largest absolute Gasteiger partial charge is 0.454 e. The van der Waals surface area contributed by atoms with Gasteiger partial charge in [0, 0.05) is 23.9 Å². The summed E-state index contributed by atoms with van der Waals surface area (Å²) in [6, 6.07) is 0. The Balaban J connectivity index is 2.59. The Morgan fingerprint density at radius 3 is 1.93 bits per heavy atom. The number of hydrogen-bond acceptors (Lipinski definition) is 6. The van der Waals surface area contributed by atoms with Gasteiger partial charge in [-0.05, 0) is 61.4 Å². The molecule has 1 saturated heterocycles. The van der Waals surface area contributed by atoms with Crippen LogP contribution < -0.4 is 0 Å². The molecule has 0 aromatic rings. The fraction of sp³-hybridized carbons (Fsp3) is 0.913. The van der Waals surface area contributed by atoms with Crippen LogP contribution in [-0.4, -0.2) is 46.2 Å². The summed E-state index contributed by atoms with van der Waals surface area (Å²) in [6.07, 6.45) is 8.67. The van der Waals surface area contributed by atoms with Crippen LogP contribution in [0, 0.1) is 0 Å². The Labute approximate surface area is 177 Å². The molecule has 6 heteroatoms. The summed E-state index contributed by atoms with van der Waals surface area (Å²) in [6.45, 7) is 17.2. The molecule has 0 amide bonds. The monoisotopic (exact) mass is 413 g/mol. The van der Waals surface area contributed by atoms with Gasteiger partial charge in [-0.25, -0.2) is 9.59 Å². The molecule has 29 heavy (non-hydrogen) atoms. The van der Waals surface area contributed by atoms with Crippen LogP contribution >= 0.6 is 0 Å². The molecule has 0 N–H and O–H groups in total. The van der Waals surface area contributed by atoms with Crippen molar-refractivity contribution >= 4 is 11.9 Å². The van der Waals surface area contributed by atoms with Crippen molar-refractivity contribution in [3.8, 4) is 0 Å². The molecule has 0 saturated carbocycles. The molecule has 1 aliphatic rings. The zero-order valence-corrected chi connectivity index (χ0v) is 19.9. The van der Waals surface area contributed by atoms with Crippen molar-refractivity contribution in [2.75, 3.05) is 6.54 Å². The Bertz CT molecular complexity index is 518. The number of ether oxygens (including phenoxy) is 1. The highest BCUT2D eigenvalue weighted by Gasteiger charge is 2.46. The molecule has 1 rings (SSSR count). The second-order valence-electron chi connectivity index (χ2n) is 10.5. The van der Waals surface area contributed by atoms with Crippen LogP contribution in [0.3, 0.4) is 0 Å². The van der Waals surface area contributed by atoms with E-state index in [-0.39, 0.29) is 17.2 Å². The van der Waals surface area contributed by atoms with Crippen LogP contribution in [0.1, 0.15) is 107 Å². The first-order valence-electron chi connectivity index (χ1n) is 11.2. The highest BCUT2D eigenvalue weighted by atomic mass is 17.2. The summed E-state index contributed by atoms with van der Waals surface area (Å²) >= 11 is 0. The second-order valence-corrected chi connectivity index (χ2v) is 10.5. The van der Waals surface area contributed by atoms with Gasteiger partial charge in [-0.2, -0.15) is 4.89 Å². The van der Waals surface area contributed by atoms with E-state index in [0.29, 0.717) is 12.8 Å². The van der Waals surface area contributed by atoms with E-state index in [0.717, 1.165) is 6.54 Å². The van der Waals surface area contributed by atoms with Gasteiger partial charge in [-0.15, -0.1) is 0 Å². The Kier molecular flexibility index (Phi) is 9.61. The van der Waals surface area contributed by atoms with Crippen molar-refractivity contribution in [2.24, 2.45) is 0 Å². The smallest absolute Gasteiger partial charge is 0.449 e. The maximum Gasteiger partial charge on any atom is 0.449 e. The lowest BCUT2D eigenvalue weighted by molar-refractivity contribution is -0.319. The van der Waals surface area contributed by atoms with E-state index in [1.54, 1.807) is 20.8 Å². The second kappa shape index (κ2) is 10.8. The standard InChI is InChI=1S/C23H43NO5/c1-9-10-11-12-13-14-15-24-22(5,6)16-18(17-23(24,7)8)27-19(25)20(26)28-29-21(2,3)4/h18H,9-17H2,1-8H3. The lowest BCUT2D eigenvalue weighted by atomic mass is 9.78. The van der Waals surface area contributed by atoms with E-state index in [4.69, 9.17) is 9.62 Å². The Morgan fingerprint density at radius 2 is 1.41 bits per heavy atom. The van der Waals surface area contributed by atoms with E-state index in [1.807, 2.05) is 0 Å². The number of nitrogens with zero attached hydrogens (tertiary/aromatic N) is 1. The van der Waals surface area contributed by atoms with Crippen molar-refractivity contribution in [1.82, 2.24) is 4.90 Å². The van der Waals surface area contributed by atoms with E-state index >= 15 is 0 Å². The molecule has 6 nitrogen and oxygen atoms in total. The molecule has 170 valence electrons. The molecule has 1 fully saturated rings. The molecule has 0 atom stereocenters. The third-order valence-corrected chi connectivity index (χ3v) is 5.46. The molecule has 0 aromatic heterocycles. The predicted octanol–water partition coefficient (Wildman–Crippen LogP) is 5.19. The van der Waals surface area contributed by atoms with Crippen LogP contribution in [0.5, 0.6) is 0 Å². The molecular weight excluding hydrogens is 370 g/mol.